The number of methoxy groups -OCH3 is 1. The number of carbonyl (C=O) groups is 1. The summed E-state index contributed by atoms with van der Waals surface area (Å²) in [7, 11) is 1.20. The third kappa shape index (κ3) is 3.64. The van der Waals surface area contributed by atoms with Crippen molar-refractivity contribution in [3.63, 3.8) is 0 Å². The molecule has 0 aliphatic rings. The van der Waals surface area contributed by atoms with Crippen LogP contribution in [0.1, 0.15) is 16.1 Å². The molecule has 0 atom stereocenters. The predicted molar refractivity (Wildman–Crippen MR) is 100 cm³/mol. The number of halogens is 2. The molecular formula is C19H13BrFN3O3. The Balaban J connectivity index is 2.01. The molecule has 6 nitrogen and oxygen atoms in total. The van der Waals surface area contributed by atoms with Crippen molar-refractivity contribution in [2.45, 2.75) is 0 Å². The first-order valence-corrected chi connectivity index (χ1v) is 8.46. The van der Waals surface area contributed by atoms with Crippen molar-refractivity contribution in [1.29, 1.82) is 5.26 Å². The molecule has 2 N–H and O–H groups in total. The van der Waals surface area contributed by atoms with Gasteiger partial charge in [0.15, 0.2) is 17.3 Å². The molecule has 1 aromatic heterocycles. The molecule has 8 heteroatoms. The van der Waals surface area contributed by atoms with E-state index in [2.05, 4.69) is 15.9 Å². The molecule has 0 saturated heterocycles. The zero-order valence-corrected chi connectivity index (χ0v) is 15.7. The number of nitrogens with zero attached hydrogens (tertiary/aromatic N) is 2. The van der Waals surface area contributed by atoms with Gasteiger partial charge in [-0.15, -0.1) is 0 Å². The van der Waals surface area contributed by atoms with Gasteiger partial charge < -0.3 is 19.8 Å². The molecule has 0 aliphatic heterocycles. The van der Waals surface area contributed by atoms with Crippen molar-refractivity contribution in [1.82, 2.24) is 4.57 Å². The summed E-state index contributed by atoms with van der Waals surface area (Å²) >= 11 is 3.32. The average molecular weight is 430 g/mol. The first kappa shape index (κ1) is 18.5. The Morgan fingerprint density at radius 1 is 1.30 bits per heavy atom. The van der Waals surface area contributed by atoms with Crippen molar-refractivity contribution in [2.75, 3.05) is 12.8 Å². The lowest BCUT2D eigenvalue weighted by atomic mass is 10.2. The molecule has 0 bridgehead atoms. The van der Waals surface area contributed by atoms with Crippen LogP contribution in [0.4, 0.5) is 10.1 Å². The number of carbonyl (C=O) groups excluding carboxylic acids is 1. The topological polar surface area (TPSA) is 90.3 Å². The Hall–Kier alpha value is -3.31. The van der Waals surface area contributed by atoms with Crippen LogP contribution in [0.5, 0.6) is 11.5 Å². The number of benzene rings is 2. The minimum absolute atomic E-state index is 0.0112. The van der Waals surface area contributed by atoms with Crippen molar-refractivity contribution in [3.8, 4) is 23.3 Å². The number of anilines is 1. The van der Waals surface area contributed by atoms with E-state index in [0.717, 1.165) is 4.47 Å². The minimum atomic E-state index is -0.733. The van der Waals surface area contributed by atoms with E-state index in [4.69, 9.17) is 20.5 Å². The highest BCUT2D eigenvalue weighted by atomic mass is 79.9. The monoisotopic (exact) mass is 429 g/mol. The highest BCUT2D eigenvalue weighted by Crippen LogP contribution is 2.30. The third-order valence-corrected chi connectivity index (χ3v) is 4.25. The number of hydrogen-bond donors (Lipinski definition) is 1. The van der Waals surface area contributed by atoms with Crippen LogP contribution >= 0.6 is 15.9 Å². The number of nitrogens with two attached hydrogens (primary N) is 1. The van der Waals surface area contributed by atoms with Crippen molar-refractivity contribution in [3.05, 3.63) is 70.2 Å². The van der Waals surface area contributed by atoms with E-state index in [9.17, 15) is 9.18 Å². The molecule has 0 amide bonds. The Kier molecular flexibility index (Phi) is 5.14. The molecule has 0 aliphatic carbocycles. The minimum Gasteiger partial charge on any atom is -0.464 e. The molecule has 3 rings (SSSR count). The molecule has 136 valence electrons. The van der Waals surface area contributed by atoms with Gasteiger partial charge in [-0.05, 0) is 30.3 Å². The van der Waals surface area contributed by atoms with Gasteiger partial charge in [0.25, 0.3) is 0 Å². The highest BCUT2D eigenvalue weighted by molar-refractivity contribution is 9.10. The average Bonchev–Trinajstić information content (AvgIpc) is 2.99. The van der Waals surface area contributed by atoms with Gasteiger partial charge in [-0.1, -0.05) is 22.0 Å². The number of nitrogen functional groups attached to an aromatic ring is 1. The van der Waals surface area contributed by atoms with E-state index >= 15 is 0 Å². The van der Waals surface area contributed by atoms with Crippen LogP contribution in [0.25, 0.3) is 5.69 Å². The largest absolute Gasteiger partial charge is 0.464 e. The maximum atomic E-state index is 14.6. The molecule has 27 heavy (non-hydrogen) atoms. The van der Waals surface area contributed by atoms with E-state index in [1.165, 1.54) is 30.0 Å². The van der Waals surface area contributed by atoms with Crippen LogP contribution in [-0.4, -0.2) is 17.6 Å². The van der Waals surface area contributed by atoms with Crippen LogP contribution in [0.15, 0.2) is 53.1 Å². The van der Waals surface area contributed by atoms with Crippen LogP contribution in [0, 0.1) is 17.1 Å². The Morgan fingerprint density at radius 3 is 2.70 bits per heavy atom. The number of aromatic nitrogens is 1. The molecule has 1 heterocycles. The van der Waals surface area contributed by atoms with Gasteiger partial charge in [0, 0.05) is 22.4 Å². The highest BCUT2D eigenvalue weighted by Gasteiger charge is 2.22. The molecular weight excluding hydrogens is 417 g/mol. The number of nitriles is 1. The molecule has 0 spiro atoms. The first-order valence-electron chi connectivity index (χ1n) is 7.67. The Morgan fingerprint density at radius 2 is 2.07 bits per heavy atom. The van der Waals surface area contributed by atoms with E-state index < -0.39 is 11.8 Å². The van der Waals surface area contributed by atoms with Crippen LogP contribution in [0.2, 0.25) is 0 Å². The molecule has 2 aromatic carbocycles. The number of esters is 1. The van der Waals surface area contributed by atoms with Crippen LogP contribution in [0.3, 0.4) is 0 Å². The predicted octanol–water partition coefficient (Wildman–Crippen LogP) is 4.41. The first-order chi connectivity index (χ1) is 12.9. The van der Waals surface area contributed by atoms with E-state index in [1.807, 2.05) is 12.1 Å². The van der Waals surface area contributed by atoms with Gasteiger partial charge in [0.05, 0.1) is 18.4 Å². The summed E-state index contributed by atoms with van der Waals surface area (Å²) in [4.78, 5) is 12.0. The van der Waals surface area contributed by atoms with E-state index in [1.54, 1.807) is 24.3 Å². The second kappa shape index (κ2) is 7.51. The molecule has 0 saturated carbocycles. The fourth-order valence-electron chi connectivity index (χ4n) is 2.50. The smallest absolute Gasteiger partial charge is 0.357 e. The van der Waals surface area contributed by atoms with Crippen LogP contribution in [-0.2, 0) is 4.74 Å². The summed E-state index contributed by atoms with van der Waals surface area (Å²) in [5.41, 5.74) is 6.15. The lowest BCUT2D eigenvalue weighted by Crippen LogP contribution is -2.11. The summed E-state index contributed by atoms with van der Waals surface area (Å²) in [6.45, 7) is 0. The summed E-state index contributed by atoms with van der Waals surface area (Å²) in [6.07, 6.45) is 1.35. The van der Waals surface area contributed by atoms with Gasteiger partial charge in [-0.25, -0.2) is 9.18 Å². The van der Waals surface area contributed by atoms with Gasteiger partial charge in [-0.3, -0.25) is 0 Å². The number of ether oxygens (including phenoxy) is 2. The maximum Gasteiger partial charge on any atom is 0.357 e. The zero-order chi connectivity index (χ0) is 19.6. The lowest BCUT2D eigenvalue weighted by molar-refractivity contribution is 0.0593. The Labute approximate surface area is 162 Å². The fraction of sp³-hybridized carbons (Fsp3) is 0.0526. The SMILES string of the molecule is COC(=O)c1c(N)c(C#N)cn1-c1ccc(Oc2cccc(Br)c2)c(F)c1. The van der Waals surface area contributed by atoms with Crippen molar-refractivity contribution in [2.24, 2.45) is 0 Å². The number of rotatable bonds is 4. The second-order valence-corrected chi connectivity index (χ2v) is 6.37. The Bertz CT molecular complexity index is 1070. The standard InChI is InChI=1S/C19H13BrFN3O3/c1-26-19(25)18-17(23)11(9-22)10-24(18)13-5-6-16(15(21)8-13)27-14-4-2-3-12(20)7-14/h2-8,10H,23H2,1H3. The van der Waals surface area contributed by atoms with Crippen LogP contribution < -0.4 is 10.5 Å². The number of hydrogen-bond acceptors (Lipinski definition) is 5. The zero-order valence-electron chi connectivity index (χ0n) is 14.1. The van der Waals surface area contributed by atoms with Crippen molar-refractivity contribution < 1.29 is 18.7 Å². The van der Waals surface area contributed by atoms with Gasteiger partial charge >= 0.3 is 5.97 Å². The summed E-state index contributed by atoms with van der Waals surface area (Å²) in [5, 5.41) is 9.15. The molecule has 0 unspecified atom stereocenters. The normalized spacial score (nSPS) is 10.3. The second-order valence-electron chi connectivity index (χ2n) is 5.45. The maximum absolute atomic E-state index is 14.6. The van der Waals surface area contributed by atoms with E-state index in [-0.39, 0.29) is 22.7 Å². The molecule has 0 radical (unpaired) electrons. The van der Waals surface area contributed by atoms with Crippen molar-refractivity contribution >= 4 is 27.6 Å². The lowest BCUT2D eigenvalue weighted by Gasteiger charge is -2.11. The summed E-state index contributed by atoms with van der Waals surface area (Å²) in [6, 6.07) is 13.0. The third-order valence-electron chi connectivity index (χ3n) is 3.76. The summed E-state index contributed by atoms with van der Waals surface area (Å²) in [5.74, 6) is -0.904. The van der Waals surface area contributed by atoms with Gasteiger partial charge in [0.1, 0.15) is 11.8 Å². The molecule has 0 fully saturated rings. The van der Waals surface area contributed by atoms with E-state index in [0.29, 0.717) is 11.4 Å². The molecule has 3 aromatic rings. The van der Waals surface area contributed by atoms with Gasteiger partial charge in [0.2, 0.25) is 0 Å². The quantitative estimate of drug-likeness (QED) is 0.620. The van der Waals surface area contributed by atoms with Gasteiger partial charge in [-0.2, -0.15) is 5.26 Å². The summed E-state index contributed by atoms with van der Waals surface area (Å²) < 4.78 is 26.9. The fourth-order valence-corrected chi connectivity index (χ4v) is 2.88.